The van der Waals surface area contributed by atoms with Gasteiger partial charge in [-0.25, -0.2) is 0 Å². The predicted octanol–water partition coefficient (Wildman–Crippen LogP) is 5.32. The average Bonchev–Trinajstić information content (AvgIpc) is 2.96. The minimum atomic E-state index is 0.113. The summed E-state index contributed by atoms with van der Waals surface area (Å²) in [6.45, 7) is 6.88. The van der Waals surface area contributed by atoms with Crippen molar-refractivity contribution in [1.29, 1.82) is 0 Å². The molecule has 2 atom stereocenters. The number of carbonyl (C=O) groups is 1. The summed E-state index contributed by atoms with van der Waals surface area (Å²) in [5.74, 6) is 2.28. The van der Waals surface area contributed by atoms with E-state index in [1.54, 1.807) is 24.5 Å². The summed E-state index contributed by atoms with van der Waals surface area (Å²) in [6.07, 6.45) is 4.64. The number of allylic oxidation sites excluding steroid dienone is 1. The predicted molar refractivity (Wildman–Crippen MR) is 113 cm³/mol. The minimum Gasteiger partial charge on any atom is -0.496 e. The van der Waals surface area contributed by atoms with E-state index in [4.69, 9.17) is 4.74 Å². The molecule has 0 bridgehead atoms. The minimum absolute atomic E-state index is 0.113. The van der Waals surface area contributed by atoms with E-state index in [0.29, 0.717) is 11.3 Å². The molecule has 0 radical (unpaired) electrons. The highest BCUT2D eigenvalue weighted by Gasteiger charge is 2.63. The molecule has 0 spiro atoms. The largest absolute Gasteiger partial charge is 0.496 e. The fourth-order valence-corrected chi connectivity index (χ4v) is 5.84. The lowest BCUT2D eigenvalue weighted by molar-refractivity contribution is 0.105. The summed E-state index contributed by atoms with van der Waals surface area (Å²) < 4.78 is 5.51. The maximum atomic E-state index is 12.9. The van der Waals surface area contributed by atoms with Crippen LogP contribution in [-0.4, -0.2) is 27.0 Å². The Morgan fingerprint density at radius 2 is 2.07 bits per heavy atom. The van der Waals surface area contributed by atoms with Crippen molar-refractivity contribution in [3.05, 3.63) is 50.7 Å². The first-order valence-corrected chi connectivity index (χ1v) is 10.3. The molecule has 0 saturated heterocycles. The number of benzene rings is 1. The normalized spacial score (nSPS) is 21.9. The van der Waals surface area contributed by atoms with Crippen LogP contribution in [0.3, 0.4) is 0 Å². The Morgan fingerprint density at radius 1 is 1.33 bits per heavy atom. The van der Waals surface area contributed by atoms with Crippen LogP contribution in [-0.2, 0) is 6.42 Å². The van der Waals surface area contributed by atoms with Crippen molar-refractivity contribution in [2.45, 2.75) is 33.1 Å². The van der Waals surface area contributed by atoms with Gasteiger partial charge in [0.2, 0.25) is 0 Å². The third-order valence-electron chi connectivity index (χ3n) is 6.39. The highest BCUT2D eigenvalue weighted by Crippen LogP contribution is 2.71. The van der Waals surface area contributed by atoms with Gasteiger partial charge in [0.15, 0.2) is 5.78 Å². The molecular weight excluding hydrogens is 354 g/mol. The van der Waals surface area contributed by atoms with E-state index in [1.165, 1.54) is 16.0 Å². The summed E-state index contributed by atoms with van der Waals surface area (Å²) in [7, 11) is 5.66. The van der Waals surface area contributed by atoms with E-state index >= 15 is 0 Å². The molecule has 1 saturated carbocycles. The molecule has 2 aromatic rings. The zero-order chi connectivity index (χ0) is 19.5. The Bertz CT molecular complexity index is 952. The number of carbonyl (C=O) groups excluding carboxylic acids is 1. The molecular formula is C23H27NO2S. The SMILES string of the molecule is COc1cc(N(C)C)ccc1C=CC(=O)c1sc(C)c2c1C[C@@H]1[C@H]2C1(C)C. The number of thiophene rings is 1. The lowest BCUT2D eigenvalue weighted by atomic mass is 9.94. The molecule has 142 valence electrons. The lowest BCUT2D eigenvalue weighted by Gasteiger charge is -2.14. The Balaban J connectivity index is 1.60. The van der Waals surface area contributed by atoms with Gasteiger partial charge in [0.05, 0.1) is 12.0 Å². The van der Waals surface area contributed by atoms with Gasteiger partial charge in [-0.1, -0.05) is 13.8 Å². The number of ketones is 1. The molecule has 1 aromatic heterocycles. The highest BCUT2D eigenvalue weighted by atomic mass is 32.1. The van der Waals surface area contributed by atoms with E-state index in [1.807, 2.05) is 43.3 Å². The summed E-state index contributed by atoms with van der Waals surface area (Å²) in [4.78, 5) is 17.2. The van der Waals surface area contributed by atoms with E-state index < -0.39 is 0 Å². The van der Waals surface area contributed by atoms with Gasteiger partial charge < -0.3 is 9.64 Å². The Kier molecular flexibility index (Phi) is 4.22. The first-order valence-electron chi connectivity index (χ1n) is 9.45. The average molecular weight is 382 g/mol. The molecule has 0 aliphatic heterocycles. The smallest absolute Gasteiger partial charge is 0.196 e. The Hall–Kier alpha value is -2.07. The van der Waals surface area contributed by atoms with Gasteiger partial charge >= 0.3 is 0 Å². The Morgan fingerprint density at radius 3 is 2.74 bits per heavy atom. The summed E-state index contributed by atoms with van der Waals surface area (Å²) in [5, 5.41) is 0. The van der Waals surface area contributed by atoms with Gasteiger partial charge in [0.25, 0.3) is 0 Å². The first-order chi connectivity index (χ1) is 12.8. The van der Waals surface area contributed by atoms with Crippen LogP contribution in [0.2, 0.25) is 0 Å². The van der Waals surface area contributed by atoms with Crippen LogP contribution in [0.5, 0.6) is 5.75 Å². The first kappa shape index (κ1) is 18.3. The van der Waals surface area contributed by atoms with Crippen molar-refractivity contribution in [2.75, 3.05) is 26.1 Å². The zero-order valence-electron chi connectivity index (χ0n) is 16.9. The van der Waals surface area contributed by atoms with Crippen LogP contribution in [0, 0.1) is 18.3 Å². The number of nitrogens with zero attached hydrogens (tertiary/aromatic N) is 1. The molecule has 1 aromatic carbocycles. The molecule has 27 heavy (non-hydrogen) atoms. The van der Waals surface area contributed by atoms with Crippen molar-refractivity contribution >= 4 is 28.9 Å². The van der Waals surface area contributed by atoms with Crippen molar-refractivity contribution in [1.82, 2.24) is 0 Å². The van der Waals surface area contributed by atoms with E-state index in [2.05, 4.69) is 20.8 Å². The molecule has 0 unspecified atom stereocenters. The van der Waals surface area contributed by atoms with Crippen molar-refractivity contribution in [3.8, 4) is 5.75 Å². The molecule has 1 fully saturated rings. The van der Waals surface area contributed by atoms with Gasteiger partial charge in [-0.15, -0.1) is 11.3 Å². The molecule has 4 heteroatoms. The van der Waals surface area contributed by atoms with Crippen molar-refractivity contribution in [3.63, 3.8) is 0 Å². The second-order valence-electron chi connectivity index (χ2n) is 8.51. The summed E-state index contributed by atoms with van der Waals surface area (Å²) >= 11 is 1.67. The topological polar surface area (TPSA) is 29.5 Å². The van der Waals surface area contributed by atoms with Crippen LogP contribution in [0.1, 0.15) is 51.0 Å². The van der Waals surface area contributed by atoms with Crippen LogP contribution < -0.4 is 9.64 Å². The van der Waals surface area contributed by atoms with E-state index in [0.717, 1.165) is 34.2 Å². The number of hydrogen-bond acceptors (Lipinski definition) is 4. The third-order valence-corrected chi connectivity index (χ3v) is 7.57. The van der Waals surface area contributed by atoms with Gasteiger partial charge in [-0.2, -0.15) is 0 Å². The molecule has 2 aliphatic carbocycles. The molecule has 4 rings (SSSR count). The van der Waals surface area contributed by atoms with Crippen LogP contribution in [0.4, 0.5) is 5.69 Å². The molecule has 1 heterocycles. The highest BCUT2D eigenvalue weighted by molar-refractivity contribution is 7.14. The molecule has 3 nitrogen and oxygen atoms in total. The zero-order valence-corrected chi connectivity index (χ0v) is 17.7. The maximum absolute atomic E-state index is 12.9. The van der Waals surface area contributed by atoms with Gasteiger partial charge in [-0.3, -0.25) is 4.79 Å². The Labute approximate surface area is 165 Å². The third kappa shape index (κ3) is 2.82. The number of fused-ring (bicyclic) bond motifs is 3. The van der Waals surface area contributed by atoms with Crippen molar-refractivity contribution in [2.24, 2.45) is 11.3 Å². The number of aryl methyl sites for hydroxylation is 1. The van der Waals surface area contributed by atoms with Gasteiger partial charge in [0.1, 0.15) is 5.75 Å². The quantitative estimate of drug-likeness (QED) is 0.518. The van der Waals surface area contributed by atoms with Gasteiger partial charge in [0, 0.05) is 36.3 Å². The number of hydrogen-bond donors (Lipinski definition) is 0. The number of rotatable bonds is 5. The lowest BCUT2D eigenvalue weighted by Crippen LogP contribution is -2.08. The van der Waals surface area contributed by atoms with Crippen LogP contribution in [0.25, 0.3) is 6.08 Å². The second kappa shape index (κ2) is 6.23. The fourth-order valence-electron chi connectivity index (χ4n) is 4.69. The van der Waals surface area contributed by atoms with Crippen molar-refractivity contribution < 1.29 is 9.53 Å². The van der Waals surface area contributed by atoms with Crippen LogP contribution in [0.15, 0.2) is 24.3 Å². The van der Waals surface area contributed by atoms with Gasteiger partial charge in [-0.05, 0) is 66.0 Å². The summed E-state index contributed by atoms with van der Waals surface area (Å²) in [5.41, 5.74) is 5.20. The number of anilines is 1. The molecule has 0 amide bonds. The molecule has 2 aliphatic rings. The van der Waals surface area contributed by atoms with Crippen LogP contribution >= 0.6 is 11.3 Å². The molecule has 0 N–H and O–H groups in total. The number of ether oxygens (including phenoxy) is 1. The van der Waals surface area contributed by atoms with E-state index in [-0.39, 0.29) is 5.78 Å². The summed E-state index contributed by atoms with van der Waals surface area (Å²) in [6, 6.07) is 6.03. The monoisotopic (exact) mass is 381 g/mol. The maximum Gasteiger partial charge on any atom is 0.196 e. The number of methoxy groups -OCH3 is 1. The second-order valence-corrected chi connectivity index (χ2v) is 9.73. The van der Waals surface area contributed by atoms with E-state index in [9.17, 15) is 4.79 Å². The standard InChI is InChI=1S/C23H27NO2S/c1-13-20-16(12-17-21(20)23(17,2)3)22(27-13)18(25)10-8-14-7-9-15(24(4)5)11-19(14)26-6/h7-11,17,21H,12H2,1-6H3/t17-,21-/m1/s1. The fraction of sp³-hybridized carbons (Fsp3) is 0.435.